The highest BCUT2D eigenvalue weighted by molar-refractivity contribution is 5.51. The largest absolute Gasteiger partial charge is 0.494 e. The van der Waals surface area contributed by atoms with Crippen molar-refractivity contribution in [2.24, 2.45) is 11.8 Å². The Balaban J connectivity index is 2.12. The molecule has 2 heteroatoms. The molecule has 1 aliphatic heterocycles. The summed E-state index contributed by atoms with van der Waals surface area (Å²) in [6.45, 7) is 9.78. The summed E-state index contributed by atoms with van der Waals surface area (Å²) in [5.74, 6) is 2.56. The molecule has 2 rings (SSSR count). The molecule has 1 aliphatic rings. The van der Waals surface area contributed by atoms with Crippen LogP contribution in [-0.4, -0.2) is 19.7 Å². The van der Waals surface area contributed by atoms with Gasteiger partial charge in [-0.3, -0.25) is 0 Å². The highest BCUT2D eigenvalue weighted by atomic mass is 16.5. The zero-order valence-electron chi connectivity index (χ0n) is 11.1. The van der Waals surface area contributed by atoms with E-state index in [4.69, 9.17) is 4.74 Å². The van der Waals surface area contributed by atoms with Gasteiger partial charge in [-0.25, -0.2) is 0 Å². The summed E-state index contributed by atoms with van der Waals surface area (Å²) < 4.78 is 5.56. The number of hydrogen-bond acceptors (Lipinski definition) is 2. The quantitative estimate of drug-likeness (QED) is 0.791. The van der Waals surface area contributed by atoms with Gasteiger partial charge >= 0.3 is 0 Å². The summed E-state index contributed by atoms with van der Waals surface area (Å²) in [6, 6.07) is 8.47. The predicted molar refractivity (Wildman–Crippen MR) is 72.8 cm³/mol. The van der Waals surface area contributed by atoms with Crippen LogP contribution in [0.1, 0.15) is 27.2 Å². The SMILES string of the molecule is CCOc1cccc(N2CC(C)CC(C)C2)c1. The molecule has 0 saturated carbocycles. The van der Waals surface area contributed by atoms with Crippen LogP contribution in [0.15, 0.2) is 24.3 Å². The smallest absolute Gasteiger partial charge is 0.121 e. The maximum Gasteiger partial charge on any atom is 0.121 e. The molecule has 2 unspecified atom stereocenters. The Morgan fingerprint density at radius 2 is 1.94 bits per heavy atom. The van der Waals surface area contributed by atoms with E-state index >= 15 is 0 Å². The van der Waals surface area contributed by atoms with Gasteiger partial charge in [-0.2, -0.15) is 0 Å². The van der Waals surface area contributed by atoms with Crippen molar-refractivity contribution in [3.8, 4) is 5.75 Å². The summed E-state index contributed by atoms with van der Waals surface area (Å²) in [7, 11) is 0. The minimum Gasteiger partial charge on any atom is -0.494 e. The van der Waals surface area contributed by atoms with Crippen LogP contribution in [-0.2, 0) is 0 Å². The van der Waals surface area contributed by atoms with E-state index in [9.17, 15) is 0 Å². The van der Waals surface area contributed by atoms with Crippen LogP contribution < -0.4 is 9.64 Å². The summed E-state index contributed by atoms with van der Waals surface area (Å²) in [5.41, 5.74) is 1.30. The molecule has 1 aromatic carbocycles. The molecule has 94 valence electrons. The minimum atomic E-state index is 0.732. The monoisotopic (exact) mass is 233 g/mol. The lowest BCUT2D eigenvalue weighted by Gasteiger charge is -2.36. The van der Waals surface area contributed by atoms with Gasteiger partial charge in [0.2, 0.25) is 0 Å². The van der Waals surface area contributed by atoms with Crippen molar-refractivity contribution < 1.29 is 4.74 Å². The maximum absolute atomic E-state index is 5.56. The molecule has 2 nitrogen and oxygen atoms in total. The van der Waals surface area contributed by atoms with Gasteiger partial charge < -0.3 is 9.64 Å². The summed E-state index contributed by atoms with van der Waals surface area (Å²) >= 11 is 0. The van der Waals surface area contributed by atoms with Gasteiger partial charge in [0.25, 0.3) is 0 Å². The highest BCUT2D eigenvalue weighted by Crippen LogP contribution is 2.28. The molecule has 1 fully saturated rings. The predicted octanol–water partition coefficient (Wildman–Crippen LogP) is 3.57. The number of ether oxygens (including phenoxy) is 1. The third-order valence-electron chi connectivity index (χ3n) is 3.36. The molecule has 17 heavy (non-hydrogen) atoms. The lowest BCUT2D eigenvalue weighted by atomic mass is 9.91. The fraction of sp³-hybridized carbons (Fsp3) is 0.600. The maximum atomic E-state index is 5.56. The Morgan fingerprint density at radius 1 is 1.24 bits per heavy atom. The number of benzene rings is 1. The molecule has 0 radical (unpaired) electrons. The van der Waals surface area contributed by atoms with Crippen LogP contribution in [0.2, 0.25) is 0 Å². The van der Waals surface area contributed by atoms with E-state index < -0.39 is 0 Å². The van der Waals surface area contributed by atoms with E-state index in [1.165, 1.54) is 25.2 Å². The lowest BCUT2D eigenvalue weighted by molar-refractivity contribution is 0.338. The molecule has 2 atom stereocenters. The Kier molecular flexibility index (Phi) is 3.93. The van der Waals surface area contributed by atoms with Crippen LogP contribution >= 0.6 is 0 Å². The van der Waals surface area contributed by atoms with Gasteiger partial charge in [-0.15, -0.1) is 0 Å². The first-order valence-corrected chi connectivity index (χ1v) is 6.67. The summed E-state index contributed by atoms with van der Waals surface area (Å²) in [5, 5.41) is 0. The molecule has 0 spiro atoms. The number of piperidine rings is 1. The van der Waals surface area contributed by atoms with Crippen molar-refractivity contribution in [2.45, 2.75) is 27.2 Å². The highest BCUT2D eigenvalue weighted by Gasteiger charge is 2.21. The van der Waals surface area contributed by atoms with Crippen LogP contribution in [0.4, 0.5) is 5.69 Å². The Labute approximate surface area is 105 Å². The minimum absolute atomic E-state index is 0.732. The summed E-state index contributed by atoms with van der Waals surface area (Å²) in [6.07, 6.45) is 1.35. The fourth-order valence-electron chi connectivity index (χ4n) is 2.81. The lowest BCUT2D eigenvalue weighted by Crippen LogP contribution is -2.38. The Hall–Kier alpha value is -1.18. The average Bonchev–Trinajstić information content (AvgIpc) is 2.28. The third-order valence-corrected chi connectivity index (χ3v) is 3.36. The molecule has 0 aliphatic carbocycles. The molecule has 1 heterocycles. The topological polar surface area (TPSA) is 12.5 Å². The Bertz CT molecular complexity index is 354. The summed E-state index contributed by atoms with van der Waals surface area (Å²) in [4.78, 5) is 2.49. The van der Waals surface area contributed by atoms with Gasteiger partial charge in [0.05, 0.1) is 6.61 Å². The normalized spacial score (nSPS) is 24.8. The van der Waals surface area contributed by atoms with Gasteiger partial charge in [0, 0.05) is 24.8 Å². The van der Waals surface area contributed by atoms with Gasteiger partial charge in [0.1, 0.15) is 5.75 Å². The molecule has 0 N–H and O–H groups in total. The van der Waals surface area contributed by atoms with E-state index in [0.29, 0.717) is 0 Å². The van der Waals surface area contributed by atoms with E-state index in [1.54, 1.807) is 0 Å². The zero-order chi connectivity index (χ0) is 12.3. The second kappa shape index (κ2) is 5.44. The first-order valence-electron chi connectivity index (χ1n) is 6.67. The van der Waals surface area contributed by atoms with Crippen LogP contribution in [0.25, 0.3) is 0 Å². The Morgan fingerprint density at radius 3 is 2.59 bits per heavy atom. The standard InChI is InChI=1S/C15H23NO/c1-4-17-15-7-5-6-14(9-15)16-10-12(2)8-13(3)11-16/h5-7,9,12-13H,4,8,10-11H2,1-3H3. The first kappa shape index (κ1) is 12.3. The fourth-order valence-corrected chi connectivity index (χ4v) is 2.81. The number of anilines is 1. The number of nitrogens with zero attached hydrogens (tertiary/aromatic N) is 1. The van der Waals surface area contributed by atoms with Crippen molar-refractivity contribution in [3.05, 3.63) is 24.3 Å². The van der Waals surface area contributed by atoms with Crippen molar-refractivity contribution in [2.75, 3.05) is 24.6 Å². The van der Waals surface area contributed by atoms with E-state index in [1.807, 2.05) is 13.0 Å². The van der Waals surface area contributed by atoms with Crippen molar-refractivity contribution in [3.63, 3.8) is 0 Å². The van der Waals surface area contributed by atoms with Crippen molar-refractivity contribution >= 4 is 5.69 Å². The molecular weight excluding hydrogens is 210 g/mol. The van der Waals surface area contributed by atoms with Crippen LogP contribution in [0.3, 0.4) is 0 Å². The zero-order valence-corrected chi connectivity index (χ0v) is 11.1. The van der Waals surface area contributed by atoms with Gasteiger partial charge in [0.15, 0.2) is 0 Å². The molecule has 0 aromatic heterocycles. The third kappa shape index (κ3) is 3.15. The average molecular weight is 233 g/mol. The molecule has 1 saturated heterocycles. The second-order valence-electron chi connectivity index (χ2n) is 5.28. The molecule has 0 bridgehead atoms. The second-order valence-corrected chi connectivity index (χ2v) is 5.28. The van der Waals surface area contributed by atoms with E-state index in [0.717, 1.165) is 24.2 Å². The van der Waals surface area contributed by atoms with E-state index in [-0.39, 0.29) is 0 Å². The van der Waals surface area contributed by atoms with Crippen LogP contribution in [0.5, 0.6) is 5.75 Å². The van der Waals surface area contributed by atoms with Gasteiger partial charge in [-0.05, 0) is 37.3 Å². The molecule has 0 amide bonds. The van der Waals surface area contributed by atoms with Crippen molar-refractivity contribution in [1.82, 2.24) is 0 Å². The molecular formula is C15H23NO. The number of hydrogen-bond donors (Lipinski definition) is 0. The molecule has 1 aromatic rings. The van der Waals surface area contributed by atoms with E-state index in [2.05, 4.69) is 36.9 Å². The van der Waals surface area contributed by atoms with Crippen LogP contribution in [0, 0.1) is 11.8 Å². The first-order chi connectivity index (χ1) is 8.19. The number of rotatable bonds is 3. The van der Waals surface area contributed by atoms with Gasteiger partial charge in [-0.1, -0.05) is 19.9 Å². The van der Waals surface area contributed by atoms with Crippen molar-refractivity contribution in [1.29, 1.82) is 0 Å².